The quantitative estimate of drug-likeness (QED) is 0.808. The van der Waals surface area contributed by atoms with Crippen LogP contribution in [0.4, 0.5) is 0 Å². The van der Waals surface area contributed by atoms with E-state index in [1.807, 2.05) is 19.2 Å². The number of thiazole rings is 1. The Morgan fingerprint density at radius 1 is 1.48 bits per heavy atom. The van der Waals surface area contributed by atoms with E-state index >= 15 is 0 Å². The second kappa shape index (κ2) is 7.11. The zero-order chi connectivity index (χ0) is 17.2. The molecule has 1 aliphatic heterocycles. The molecule has 0 saturated carbocycles. The van der Waals surface area contributed by atoms with E-state index in [1.165, 1.54) is 30.0 Å². The van der Waals surface area contributed by atoms with Crippen LogP contribution in [0.1, 0.15) is 38.4 Å². The number of amides is 1. The van der Waals surface area contributed by atoms with Gasteiger partial charge in [0.05, 0.1) is 6.04 Å². The van der Waals surface area contributed by atoms with E-state index in [1.54, 1.807) is 6.92 Å². The molecule has 0 aromatic carbocycles. The lowest BCUT2D eigenvalue weighted by molar-refractivity contribution is -0.130. The monoisotopic (exact) mass is 354 g/mol. The molecule has 1 amide bonds. The Bertz CT molecular complexity index is 641. The molecule has 0 bridgehead atoms. The molecule has 0 spiro atoms. The molecule has 3 N–H and O–H groups in total. The van der Waals surface area contributed by atoms with Crippen LogP contribution in [0.2, 0.25) is 0 Å². The second-order valence-electron chi connectivity index (χ2n) is 6.12. The molecule has 126 valence electrons. The van der Waals surface area contributed by atoms with Crippen molar-refractivity contribution in [3.05, 3.63) is 16.1 Å². The highest BCUT2D eigenvalue weighted by molar-refractivity contribution is 8.14. The van der Waals surface area contributed by atoms with Gasteiger partial charge in [-0.05, 0) is 19.8 Å². The van der Waals surface area contributed by atoms with Gasteiger partial charge in [0.25, 0.3) is 0 Å². The van der Waals surface area contributed by atoms with Crippen LogP contribution in [0.5, 0.6) is 0 Å². The van der Waals surface area contributed by atoms with Crippen molar-refractivity contribution >= 4 is 39.8 Å². The fraction of sp³-hybridized carbons (Fsp3) is 0.600. The Balaban J connectivity index is 2.15. The van der Waals surface area contributed by atoms with Crippen molar-refractivity contribution in [2.24, 2.45) is 16.6 Å². The number of thioether (sulfide) groups is 1. The molecule has 2 heterocycles. The highest BCUT2D eigenvalue weighted by atomic mass is 32.2. The van der Waals surface area contributed by atoms with Gasteiger partial charge in [-0.2, -0.15) is 0 Å². The standard InChI is InChI=1S/C15H22N4O2S2/c1-8(2)12(9(3)20)18-14(21)15(4)7-23-13(19-15)10-6-22-11(5-16)17-10/h6,8,12H,5,7,16H2,1-4H3,(H,18,21)/t12?,15-/m0/s1. The van der Waals surface area contributed by atoms with Crippen molar-refractivity contribution in [3.8, 4) is 0 Å². The molecular weight excluding hydrogens is 332 g/mol. The highest BCUT2D eigenvalue weighted by Crippen LogP contribution is 2.31. The van der Waals surface area contributed by atoms with Crippen molar-refractivity contribution in [2.45, 2.75) is 45.8 Å². The molecule has 1 aliphatic rings. The minimum atomic E-state index is -0.880. The van der Waals surface area contributed by atoms with Crippen LogP contribution in [-0.4, -0.2) is 39.1 Å². The molecule has 0 radical (unpaired) electrons. The molecule has 23 heavy (non-hydrogen) atoms. The molecule has 2 atom stereocenters. The third-order valence-corrected chi connectivity index (χ3v) is 5.82. The van der Waals surface area contributed by atoms with E-state index in [4.69, 9.17) is 5.73 Å². The summed E-state index contributed by atoms with van der Waals surface area (Å²) in [4.78, 5) is 33.3. The van der Waals surface area contributed by atoms with Crippen molar-refractivity contribution in [3.63, 3.8) is 0 Å². The van der Waals surface area contributed by atoms with Gasteiger partial charge in [-0.15, -0.1) is 23.1 Å². The number of nitrogens with two attached hydrogens (primary N) is 1. The van der Waals surface area contributed by atoms with Gasteiger partial charge in [0.15, 0.2) is 5.78 Å². The molecule has 8 heteroatoms. The van der Waals surface area contributed by atoms with Crippen LogP contribution >= 0.6 is 23.1 Å². The van der Waals surface area contributed by atoms with Crippen LogP contribution < -0.4 is 11.1 Å². The maximum absolute atomic E-state index is 12.6. The Morgan fingerprint density at radius 3 is 2.70 bits per heavy atom. The topological polar surface area (TPSA) is 97.4 Å². The Labute approximate surface area is 144 Å². The normalized spacial score (nSPS) is 22.1. The largest absolute Gasteiger partial charge is 0.344 e. The molecular formula is C15H22N4O2S2. The number of nitrogens with one attached hydrogen (secondary N) is 1. The van der Waals surface area contributed by atoms with Gasteiger partial charge < -0.3 is 11.1 Å². The lowest BCUT2D eigenvalue weighted by atomic mass is 9.98. The second-order valence-corrected chi connectivity index (χ2v) is 8.02. The Morgan fingerprint density at radius 2 is 2.17 bits per heavy atom. The zero-order valence-electron chi connectivity index (χ0n) is 13.8. The van der Waals surface area contributed by atoms with Crippen LogP contribution in [0.15, 0.2) is 10.4 Å². The predicted molar refractivity (Wildman–Crippen MR) is 94.9 cm³/mol. The van der Waals surface area contributed by atoms with Gasteiger partial charge in [-0.1, -0.05) is 13.8 Å². The van der Waals surface area contributed by atoms with E-state index in [-0.39, 0.29) is 17.6 Å². The summed E-state index contributed by atoms with van der Waals surface area (Å²) in [5.41, 5.74) is 5.47. The van der Waals surface area contributed by atoms with Gasteiger partial charge in [0, 0.05) is 17.7 Å². The number of aliphatic imine (C=N–C) groups is 1. The summed E-state index contributed by atoms with van der Waals surface area (Å²) in [7, 11) is 0. The average Bonchev–Trinajstić information content (AvgIpc) is 3.10. The number of ketones is 1. The first-order valence-corrected chi connectivity index (χ1v) is 9.32. The summed E-state index contributed by atoms with van der Waals surface area (Å²) in [6, 6.07) is -0.480. The smallest absolute Gasteiger partial charge is 0.249 e. The molecule has 0 saturated heterocycles. The number of hydrogen-bond donors (Lipinski definition) is 2. The third kappa shape index (κ3) is 3.99. The number of Topliss-reactive ketones (excluding diaryl/α,β-unsaturated/α-hetero) is 1. The van der Waals surface area contributed by atoms with Crippen LogP contribution in [0.3, 0.4) is 0 Å². The van der Waals surface area contributed by atoms with Gasteiger partial charge in [-0.25, -0.2) is 4.98 Å². The number of hydrogen-bond acceptors (Lipinski definition) is 7. The first kappa shape index (κ1) is 18.1. The van der Waals surface area contributed by atoms with Crippen molar-refractivity contribution < 1.29 is 9.59 Å². The molecule has 1 unspecified atom stereocenters. The number of carbonyl (C=O) groups is 2. The maximum Gasteiger partial charge on any atom is 0.249 e. The molecule has 2 rings (SSSR count). The minimum Gasteiger partial charge on any atom is -0.344 e. The maximum atomic E-state index is 12.6. The third-order valence-electron chi connectivity index (χ3n) is 3.66. The van der Waals surface area contributed by atoms with Gasteiger partial charge in [0.2, 0.25) is 5.91 Å². The van der Waals surface area contributed by atoms with E-state index in [9.17, 15) is 9.59 Å². The first-order valence-electron chi connectivity index (χ1n) is 7.45. The first-order chi connectivity index (χ1) is 10.8. The molecule has 6 nitrogen and oxygen atoms in total. The zero-order valence-corrected chi connectivity index (χ0v) is 15.4. The van der Waals surface area contributed by atoms with E-state index in [0.29, 0.717) is 12.3 Å². The molecule has 0 aliphatic carbocycles. The summed E-state index contributed by atoms with van der Waals surface area (Å²) in [6.07, 6.45) is 0. The average molecular weight is 355 g/mol. The fourth-order valence-electron chi connectivity index (χ4n) is 2.28. The van der Waals surface area contributed by atoms with Gasteiger partial charge in [0.1, 0.15) is 21.3 Å². The van der Waals surface area contributed by atoms with E-state index < -0.39 is 11.6 Å². The number of rotatable bonds is 6. The van der Waals surface area contributed by atoms with E-state index in [2.05, 4.69) is 15.3 Å². The molecule has 1 aromatic rings. The number of nitrogens with zero attached hydrogens (tertiary/aromatic N) is 2. The molecule has 0 fully saturated rings. The van der Waals surface area contributed by atoms with Gasteiger partial charge >= 0.3 is 0 Å². The highest BCUT2D eigenvalue weighted by Gasteiger charge is 2.40. The summed E-state index contributed by atoms with van der Waals surface area (Å²) < 4.78 is 0. The van der Waals surface area contributed by atoms with Gasteiger partial charge in [-0.3, -0.25) is 14.6 Å². The predicted octanol–water partition coefficient (Wildman–Crippen LogP) is 1.58. The number of aromatic nitrogens is 1. The SMILES string of the molecule is CC(=O)C(NC(=O)[C@]1(C)CSC(c2csc(CN)n2)=N1)C(C)C. The van der Waals surface area contributed by atoms with Crippen molar-refractivity contribution in [2.75, 3.05) is 5.75 Å². The Kier molecular flexibility index (Phi) is 5.59. The summed E-state index contributed by atoms with van der Waals surface area (Å²) in [5.74, 6) is 0.317. The van der Waals surface area contributed by atoms with Crippen LogP contribution in [0.25, 0.3) is 0 Å². The summed E-state index contributed by atoms with van der Waals surface area (Å²) in [5, 5.41) is 6.34. The lowest BCUT2D eigenvalue weighted by Crippen LogP contribution is -2.51. The van der Waals surface area contributed by atoms with Crippen molar-refractivity contribution in [1.29, 1.82) is 0 Å². The summed E-state index contributed by atoms with van der Waals surface area (Å²) in [6.45, 7) is 7.51. The fourth-order valence-corrected chi connectivity index (χ4v) is 4.15. The van der Waals surface area contributed by atoms with Crippen LogP contribution in [-0.2, 0) is 16.1 Å². The summed E-state index contributed by atoms with van der Waals surface area (Å²) >= 11 is 2.99. The number of carbonyl (C=O) groups excluding carboxylic acids is 2. The van der Waals surface area contributed by atoms with E-state index in [0.717, 1.165) is 15.7 Å². The van der Waals surface area contributed by atoms with Crippen molar-refractivity contribution in [1.82, 2.24) is 10.3 Å². The Hall–Kier alpha value is -1.25. The lowest BCUT2D eigenvalue weighted by Gasteiger charge is -2.25. The molecule has 1 aromatic heterocycles. The van der Waals surface area contributed by atoms with Crippen LogP contribution in [0, 0.1) is 5.92 Å². The minimum absolute atomic E-state index is 0.0427.